The maximum Gasteiger partial charge on any atom is 0.237 e. The maximum absolute atomic E-state index is 12.3. The molecule has 0 radical (unpaired) electrons. The molecule has 4 nitrogen and oxygen atoms in total. The Balaban J connectivity index is 3.20. The SMILES string of the molecule is CC(=O)C(N(Cc1cccc(Cl)c1)C(=O)CC#N)C(C)(C)C. The summed E-state index contributed by atoms with van der Waals surface area (Å²) in [5, 5.41) is 9.39. The minimum atomic E-state index is -0.590. The quantitative estimate of drug-likeness (QED) is 0.833. The molecule has 0 aliphatic rings. The number of hydrogen-bond donors (Lipinski definition) is 0. The van der Waals surface area contributed by atoms with Crippen molar-refractivity contribution in [1.82, 2.24) is 4.90 Å². The Kier molecular flexibility index (Phi) is 6.13. The molecule has 0 saturated carbocycles. The summed E-state index contributed by atoms with van der Waals surface area (Å²) in [5.74, 6) is -0.446. The molecule has 0 aromatic heterocycles. The van der Waals surface area contributed by atoms with Crippen LogP contribution in [-0.4, -0.2) is 22.6 Å². The van der Waals surface area contributed by atoms with Gasteiger partial charge >= 0.3 is 0 Å². The molecule has 1 aromatic rings. The predicted octanol–water partition coefficient (Wildman–Crippen LogP) is 3.59. The van der Waals surface area contributed by atoms with E-state index in [-0.39, 0.29) is 24.7 Å². The average Bonchev–Trinajstić information content (AvgIpc) is 2.36. The third-order valence-corrected chi connectivity index (χ3v) is 3.54. The second kappa shape index (κ2) is 7.42. The van der Waals surface area contributed by atoms with Crippen LogP contribution in [0.4, 0.5) is 0 Å². The van der Waals surface area contributed by atoms with Crippen LogP contribution in [0.15, 0.2) is 24.3 Å². The fourth-order valence-corrected chi connectivity index (χ4v) is 2.83. The van der Waals surface area contributed by atoms with Gasteiger partial charge < -0.3 is 4.90 Å². The van der Waals surface area contributed by atoms with Gasteiger partial charge in [0.25, 0.3) is 0 Å². The Morgan fingerprint density at radius 3 is 2.45 bits per heavy atom. The lowest BCUT2D eigenvalue weighted by Crippen LogP contribution is -2.50. The molecule has 0 saturated heterocycles. The molecule has 22 heavy (non-hydrogen) atoms. The number of benzene rings is 1. The molecule has 0 fully saturated rings. The summed E-state index contributed by atoms with van der Waals surface area (Å²) >= 11 is 5.98. The van der Waals surface area contributed by atoms with Crippen molar-refractivity contribution in [3.8, 4) is 6.07 Å². The minimum absolute atomic E-state index is 0.0965. The number of Topliss-reactive ketones (excluding diaryl/α,β-unsaturated/α-hetero) is 1. The van der Waals surface area contributed by atoms with Crippen molar-refractivity contribution in [2.24, 2.45) is 5.41 Å². The predicted molar refractivity (Wildman–Crippen MR) is 86.2 cm³/mol. The number of nitriles is 1. The highest BCUT2D eigenvalue weighted by atomic mass is 35.5. The molecule has 0 bridgehead atoms. The fourth-order valence-electron chi connectivity index (χ4n) is 2.62. The molecule has 0 heterocycles. The fraction of sp³-hybridized carbons (Fsp3) is 0.471. The highest BCUT2D eigenvalue weighted by Crippen LogP contribution is 2.27. The molecule has 0 N–H and O–H groups in total. The van der Waals surface area contributed by atoms with Gasteiger partial charge in [0.05, 0.1) is 12.1 Å². The van der Waals surface area contributed by atoms with Gasteiger partial charge in [0.2, 0.25) is 5.91 Å². The van der Waals surface area contributed by atoms with Crippen LogP contribution < -0.4 is 0 Å². The Hall–Kier alpha value is -1.86. The van der Waals surface area contributed by atoms with E-state index in [1.165, 1.54) is 11.8 Å². The minimum Gasteiger partial charge on any atom is -0.327 e. The first-order chi connectivity index (χ1) is 10.2. The maximum atomic E-state index is 12.3. The number of ketones is 1. The smallest absolute Gasteiger partial charge is 0.237 e. The third-order valence-electron chi connectivity index (χ3n) is 3.31. The van der Waals surface area contributed by atoms with E-state index in [1.54, 1.807) is 18.2 Å². The normalized spacial score (nSPS) is 12.4. The molecule has 0 aliphatic heterocycles. The van der Waals surface area contributed by atoms with E-state index in [0.29, 0.717) is 5.02 Å². The highest BCUT2D eigenvalue weighted by molar-refractivity contribution is 6.30. The molecule has 1 aromatic carbocycles. The lowest BCUT2D eigenvalue weighted by atomic mass is 9.83. The Morgan fingerprint density at radius 1 is 1.36 bits per heavy atom. The van der Waals surface area contributed by atoms with E-state index in [1.807, 2.05) is 32.9 Å². The Bertz CT molecular complexity index is 599. The van der Waals surface area contributed by atoms with Gasteiger partial charge in [0, 0.05) is 11.6 Å². The number of halogens is 1. The van der Waals surface area contributed by atoms with Gasteiger partial charge in [0.1, 0.15) is 6.42 Å². The van der Waals surface area contributed by atoms with E-state index >= 15 is 0 Å². The molecule has 1 unspecified atom stereocenters. The standard InChI is InChI=1S/C17H21ClN2O2/c1-12(21)16(17(2,3)4)20(15(22)8-9-19)11-13-6-5-7-14(18)10-13/h5-7,10,16H,8,11H2,1-4H3. The summed E-state index contributed by atoms with van der Waals surface area (Å²) in [5.41, 5.74) is 0.407. The summed E-state index contributed by atoms with van der Waals surface area (Å²) in [4.78, 5) is 25.9. The third kappa shape index (κ3) is 4.85. The zero-order valence-electron chi connectivity index (χ0n) is 13.4. The van der Waals surface area contributed by atoms with Crippen molar-refractivity contribution in [2.75, 3.05) is 0 Å². The van der Waals surface area contributed by atoms with Gasteiger partial charge in [-0.25, -0.2) is 0 Å². The number of carbonyl (C=O) groups is 2. The molecule has 1 amide bonds. The van der Waals surface area contributed by atoms with Crippen LogP contribution in [0.3, 0.4) is 0 Å². The molecular weight excluding hydrogens is 300 g/mol. The van der Waals surface area contributed by atoms with Gasteiger partial charge in [-0.2, -0.15) is 5.26 Å². The van der Waals surface area contributed by atoms with Crippen molar-refractivity contribution in [2.45, 2.75) is 46.7 Å². The van der Waals surface area contributed by atoms with Crippen molar-refractivity contribution >= 4 is 23.3 Å². The Labute approximate surface area is 136 Å². The van der Waals surface area contributed by atoms with Gasteiger partial charge in [-0.15, -0.1) is 0 Å². The van der Waals surface area contributed by atoms with Crippen molar-refractivity contribution in [3.05, 3.63) is 34.9 Å². The molecule has 1 atom stereocenters. The summed E-state index contributed by atoms with van der Waals surface area (Å²) < 4.78 is 0. The van der Waals surface area contributed by atoms with Crippen LogP contribution in [0.5, 0.6) is 0 Å². The van der Waals surface area contributed by atoms with Crippen LogP contribution >= 0.6 is 11.6 Å². The molecule has 118 valence electrons. The molecule has 0 spiro atoms. The number of nitrogens with zero attached hydrogens (tertiary/aromatic N) is 2. The molecular formula is C17H21ClN2O2. The first-order valence-electron chi connectivity index (χ1n) is 7.08. The van der Waals surface area contributed by atoms with E-state index in [2.05, 4.69) is 0 Å². The lowest BCUT2D eigenvalue weighted by molar-refractivity contribution is -0.142. The molecule has 1 rings (SSSR count). The van der Waals surface area contributed by atoms with Crippen LogP contribution in [0.2, 0.25) is 5.02 Å². The summed E-state index contributed by atoms with van der Waals surface area (Å²) in [6.07, 6.45) is -0.250. The summed E-state index contributed by atoms with van der Waals surface area (Å²) in [7, 11) is 0. The summed E-state index contributed by atoms with van der Waals surface area (Å²) in [6.45, 7) is 7.44. The van der Waals surface area contributed by atoms with Gasteiger partial charge in [-0.05, 0) is 30.0 Å². The van der Waals surface area contributed by atoms with Crippen molar-refractivity contribution in [3.63, 3.8) is 0 Å². The zero-order valence-corrected chi connectivity index (χ0v) is 14.1. The number of amides is 1. The lowest BCUT2D eigenvalue weighted by Gasteiger charge is -2.38. The van der Waals surface area contributed by atoms with Crippen molar-refractivity contribution < 1.29 is 9.59 Å². The molecule has 5 heteroatoms. The average molecular weight is 321 g/mol. The first-order valence-corrected chi connectivity index (χ1v) is 7.46. The highest BCUT2D eigenvalue weighted by Gasteiger charge is 2.36. The largest absolute Gasteiger partial charge is 0.327 e. The zero-order chi connectivity index (χ0) is 16.9. The first kappa shape index (κ1) is 18.2. The van der Waals surface area contributed by atoms with Crippen LogP contribution in [0.25, 0.3) is 0 Å². The number of carbonyl (C=O) groups excluding carboxylic acids is 2. The van der Waals surface area contributed by atoms with Gasteiger partial charge in [-0.1, -0.05) is 44.5 Å². The van der Waals surface area contributed by atoms with Crippen LogP contribution in [0, 0.1) is 16.7 Å². The summed E-state index contributed by atoms with van der Waals surface area (Å²) in [6, 6.07) is 8.42. The Morgan fingerprint density at radius 2 is 2.00 bits per heavy atom. The van der Waals surface area contributed by atoms with E-state index < -0.39 is 11.5 Å². The van der Waals surface area contributed by atoms with Crippen molar-refractivity contribution in [1.29, 1.82) is 5.26 Å². The van der Waals surface area contributed by atoms with E-state index in [9.17, 15) is 9.59 Å². The molecule has 0 aliphatic carbocycles. The van der Waals surface area contributed by atoms with Gasteiger partial charge in [0.15, 0.2) is 5.78 Å². The van der Waals surface area contributed by atoms with Crippen LogP contribution in [-0.2, 0) is 16.1 Å². The monoisotopic (exact) mass is 320 g/mol. The second-order valence-electron chi connectivity index (χ2n) is 6.37. The second-order valence-corrected chi connectivity index (χ2v) is 6.80. The van der Waals surface area contributed by atoms with E-state index in [0.717, 1.165) is 5.56 Å². The van der Waals surface area contributed by atoms with E-state index in [4.69, 9.17) is 16.9 Å². The number of rotatable bonds is 5. The van der Waals surface area contributed by atoms with Crippen LogP contribution in [0.1, 0.15) is 39.7 Å². The number of hydrogen-bond acceptors (Lipinski definition) is 3. The topological polar surface area (TPSA) is 61.2 Å². The van der Waals surface area contributed by atoms with Gasteiger partial charge in [-0.3, -0.25) is 9.59 Å².